The quantitative estimate of drug-likeness (QED) is 0.640. The van der Waals surface area contributed by atoms with Crippen LogP contribution in [0.15, 0.2) is 23.1 Å². The molecule has 1 saturated heterocycles. The highest BCUT2D eigenvalue weighted by molar-refractivity contribution is 7.89. The lowest BCUT2D eigenvalue weighted by atomic mass is 10.00. The molecule has 0 bridgehead atoms. The van der Waals surface area contributed by atoms with E-state index >= 15 is 0 Å². The zero-order chi connectivity index (χ0) is 15.8. The number of hydrogen-bond acceptors (Lipinski definition) is 5. The molecular formula is C12H14N2O6S. The van der Waals surface area contributed by atoms with Gasteiger partial charge in [0.1, 0.15) is 0 Å². The third-order valence-electron chi connectivity index (χ3n) is 3.37. The number of nitrogens with zero attached hydrogens (tertiary/aromatic N) is 2. The van der Waals surface area contributed by atoms with Crippen LogP contribution >= 0.6 is 0 Å². The number of nitro benzene ring substituents is 1. The van der Waals surface area contributed by atoms with Crippen molar-refractivity contribution < 1.29 is 23.2 Å². The van der Waals surface area contributed by atoms with Crippen LogP contribution in [-0.4, -0.2) is 41.8 Å². The lowest BCUT2D eigenvalue weighted by molar-refractivity contribution is -0.388. The molecule has 0 aliphatic carbocycles. The first-order valence-corrected chi connectivity index (χ1v) is 7.63. The molecule has 1 aliphatic rings. The molecule has 0 radical (unpaired) electrons. The minimum Gasteiger partial charge on any atom is -0.481 e. The molecule has 0 spiro atoms. The summed E-state index contributed by atoms with van der Waals surface area (Å²) in [6.07, 6.45) is -0.109. The Kier molecular flexibility index (Phi) is 3.97. The normalized spacial score (nSPS) is 16.4. The SMILES string of the molecule is Cc1cccc([N+](=O)[O-])c1S(=O)(=O)N1CC(CC(=O)O)C1. The number of nitro groups is 1. The molecule has 0 amide bonds. The van der Waals surface area contributed by atoms with Gasteiger partial charge in [0.2, 0.25) is 10.0 Å². The molecular weight excluding hydrogens is 300 g/mol. The van der Waals surface area contributed by atoms with E-state index in [1.807, 2.05) is 0 Å². The Morgan fingerprint density at radius 2 is 2.10 bits per heavy atom. The molecule has 0 unspecified atom stereocenters. The minimum atomic E-state index is -3.98. The minimum absolute atomic E-state index is 0.0696. The number of carbonyl (C=O) groups is 1. The van der Waals surface area contributed by atoms with Gasteiger partial charge in [-0.05, 0) is 18.4 Å². The maximum atomic E-state index is 12.5. The molecule has 1 aromatic rings. The number of carboxylic acids is 1. The lowest BCUT2D eigenvalue weighted by Gasteiger charge is -2.37. The fourth-order valence-electron chi connectivity index (χ4n) is 2.34. The summed E-state index contributed by atoms with van der Waals surface area (Å²) in [6, 6.07) is 4.07. The predicted molar refractivity (Wildman–Crippen MR) is 72.3 cm³/mol. The lowest BCUT2D eigenvalue weighted by Crippen LogP contribution is -2.50. The van der Waals surface area contributed by atoms with Crippen LogP contribution in [0.1, 0.15) is 12.0 Å². The van der Waals surface area contributed by atoms with E-state index in [1.54, 1.807) is 0 Å². The van der Waals surface area contributed by atoms with Crippen molar-refractivity contribution in [3.05, 3.63) is 33.9 Å². The van der Waals surface area contributed by atoms with E-state index in [1.165, 1.54) is 19.1 Å². The Labute approximate surface area is 121 Å². The van der Waals surface area contributed by atoms with Crippen molar-refractivity contribution in [3.8, 4) is 0 Å². The molecule has 8 nitrogen and oxygen atoms in total. The van der Waals surface area contributed by atoms with Crippen LogP contribution in [0, 0.1) is 23.0 Å². The average Bonchev–Trinajstić information content (AvgIpc) is 2.31. The maximum absolute atomic E-state index is 12.5. The number of aryl methyl sites for hydroxylation is 1. The highest BCUT2D eigenvalue weighted by Crippen LogP contribution is 2.33. The number of carboxylic acid groups (broad SMARTS) is 1. The maximum Gasteiger partial charge on any atom is 0.303 e. The fraction of sp³-hybridized carbons (Fsp3) is 0.417. The van der Waals surface area contributed by atoms with Gasteiger partial charge in [0.25, 0.3) is 5.69 Å². The van der Waals surface area contributed by atoms with Crippen molar-refractivity contribution in [3.63, 3.8) is 0 Å². The monoisotopic (exact) mass is 314 g/mol. The van der Waals surface area contributed by atoms with Gasteiger partial charge in [-0.1, -0.05) is 12.1 Å². The smallest absolute Gasteiger partial charge is 0.303 e. The molecule has 21 heavy (non-hydrogen) atoms. The number of aliphatic carboxylic acids is 1. The van der Waals surface area contributed by atoms with Crippen molar-refractivity contribution in [1.82, 2.24) is 4.31 Å². The Bertz CT molecular complexity index is 694. The summed E-state index contributed by atoms with van der Waals surface area (Å²) in [5, 5.41) is 19.7. The molecule has 0 atom stereocenters. The summed E-state index contributed by atoms with van der Waals surface area (Å²) in [6.45, 7) is 1.63. The van der Waals surface area contributed by atoms with Crippen molar-refractivity contribution in [1.29, 1.82) is 0 Å². The molecule has 1 aromatic carbocycles. The highest BCUT2D eigenvalue weighted by atomic mass is 32.2. The first kappa shape index (κ1) is 15.4. The Hall–Kier alpha value is -2.00. The van der Waals surface area contributed by atoms with E-state index < -0.39 is 26.6 Å². The first-order chi connectivity index (χ1) is 9.73. The zero-order valence-corrected chi connectivity index (χ0v) is 12.0. The summed E-state index contributed by atoms with van der Waals surface area (Å²) < 4.78 is 26.0. The largest absolute Gasteiger partial charge is 0.481 e. The predicted octanol–water partition coefficient (Wildman–Crippen LogP) is 0.998. The van der Waals surface area contributed by atoms with Gasteiger partial charge in [-0.2, -0.15) is 4.31 Å². The molecule has 1 heterocycles. The van der Waals surface area contributed by atoms with Crippen LogP contribution in [0.5, 0.6) is 0 Å². The van der Waals surface area contributed by atoms with Crippen LogP contribution in [0.2, 0.25) is 0 Å². The molecule has 2 rings (SSSR count). The second-order valence-corrected chi connectivity index (χ2v) is 6.84. The topological polar surface area (TPSA) is 118 Å². The Morgan fingerprint density at radius 3 is 2.62 bits per heavy atom. The van der Waals surface area contributed by atoms with E-state index in [0.717, 1.165) is 10.4 Å². The Morgan fingerprint density at radius 1 is 1.48 bits per heavy atom. The first-order valence-electron chi connectivity index (χ1n) is 6.19. The molecule has 114 valence electrons. The third kappa shape index (κ3) is 2.88. The third-order valence-corrected chi connectivity index (χ3v) is 5.40. The van der Waals surface area contributed by atoms with Crippen LogP contribution < -0.4 is 0 Å². The molecule has 1 fully saturated rings. The molecule has 1 N–H and O–H groups in total. The summed E-state index contributed by atoms with van der Waals surface area (Å²) >= 11 is 0. The number of rotatable bonds is 5. The molecule has 9 heteroatoms. The van der Waals surface area contributed by atoms with Gasteiger partial charge >= 0.3 is 5.97 Å². The van der Waals surface area contributed by atoms with E-state index in [4.69, 9.17) is 5.11 Å². The molecule has 0 aromatic heterocycles. The van der Waals surface area contributed by atoms with E-state index in [9.17, 15) is 23.3 Å². The number of benzene rings is 1. The molecule has 1 aliphatic heterocycles. The van der Waals surface area contributed by atoms with Gasteiger partial charge in [0.05, 0.1) is 11.3 Å². The number of hydrogen-bond donors (Lipinski definition) is 1. The van der Waals surface area contributed by atoms with Gasteiger partial charge in [-0.15, -0.1) is 0 Å². The zero-order valence-electron chi connectivity index (χ0n) is 11.2. The summed E-state index contributed by atoms with van der Waals surface area (Å²) in [5.74, 6) is -1.24. The number of sulfonamides is 1. The van der Waals surface area contributed by atoms with Crippen molar-refractivity contribution >= 4 is 21.7 Å². The van der Waals surface area contributed by atoms with E-state index in [2.05, 4.69) is 0 Å². The van der Waals surface area contributed by atoms with Crippen molar-refractivity contribution in [2.24, 2.45) is 5.92 Å². The molecule has 0 saturated carbocycles. The van der Waals surface area contributed by atoms with Crippen LogP contribution in [-0.2, 0) is 14.8 Å². The van der Waals surface area contributed by atoms with Crippen LogP contribution in [0.3, 0.4) is 0 Å². The standard InChI is InChI=1S/C12H14N2O6S/c1-8-3-2-4-10(14(17)18)12(8)21(19,20)13-6-9(7-13)5-11(15)16/h2-4,9H,5-7H2,1H3,(H,15,16). The van der Waals surface area contributed by atoms with Crippen molar-refractivity contribution in [2.45, 2.75) is 18.2 Å². The highest BCUT2D eigenvalue weighted by Gasteiger charge is 2.41. The summed E-state index contributed by atoms with van der Waals surface area (Å²) in [4.78, 5) is 20.5. The van der Waals surface area contributed by atoms with Crippen LogP contribution in [0.25, 0.3) is 0 Å². The van der Waals surface area contributed by atoms with Crippen LogP contribution in [0.4, 0.5) is 5.69 Å². The summed E-state index contributed by atoms with van der Waals surface area (Å²) in [7, 11) is -3.98. The second kappa shape index (κ2) is 5.41. The van der Waals surface area contributed by atoms with Crippen molar-refractivity contribution in [2.75, 3.05) is 13.1 Å². The van der Waals surface area contributed by atoms with E-state index in [0.29, 0.717) is 5.56 Å². The van der Waals surface area contributed by atoms with E-state index in [-0.39, 0.29) is 30.3 Å². The second-order valence-electron chi connectivity index (χ2n) is 4.97. The summed E-state index contributed by atoms with van der Waals surface area (Å²) in [5.41, 5.74) is -0.164. The van der Waals surface area contributed by atoms with Gasteiger partial charge in [-0.3, -0.25) is 14.9 Å². The van der Waals surface area contributed by atoms with Gasteiger partial charge < -0.3 is 5.11 Å². The fourth-order valence-corrected chi connectivity index (χ4v) is 4.29. The van der Waals surface area contributed by atoms with Gasteiger partial charge in [-0.25, -0.2) is 8.42 Å². The van der Waals surface area contributed by atoms with Gasteiger partial charge in [0, 0.05) is 19.2 Å². The van der Waals surface area contributed by atoms with Gasteiger partial charge in [0.15, 0.2) is 4.90 Å². The Balaban J connectivity index is 2.30. The average molecular weight is 314 g/mol.